The molecule has 0 saturated carbocycles. The molecule has 23 heavy (non-hydrogen) atoms. The number of hydrogen-bond donors (Lipinski definition) is 1. The molecule has 1 N–H and O–H groups in total. The first kappa shape index (κ1) is 15.4. The van der Waals surface area contributed by atoms with E-state index in [1.165, 1.54) is 17.3 Å². The molecule has 0 fully saturated rings. The largest absolute Gasteiger partial charge is 0.377 e. The summed E-state index contributed by atoms with van der Waals surface area (Å²) in [7, 11) is 0. The number of nitrogens with zero attached hydrogens (tertiary/aromatic N) is 2. The summed E-state index contributed by atoms with van der Waals surface area (Å²) in [6, 6.07) is 20.6. The Kier molecular flexibility index (Phi) is 4.50. The summed E-state index contributed by atoms with van der Waals surface area (Å²) in [5.74, 6) is 0. The smallest absolute Gasteiger partial charge is 0.116 e. The number of nitrogens with one attached hydrogen (secondary N) is 1. The van der Waals surface area contributed by atoms with Crippen molar-refractivity contribution in [2.24, 2.45) is 0 Å². The zero-order valence-corrected chi connectivity index (χ0v) is 13.9. The van der Waals surface area contributed by atoms with Gasteiger partial charge in [-0.2, -0.15) is 5.26 Å². The molecule has 1 unspecified atom stereocenters. The van der Waals surface area contributed by atoms with E-state index >= 15 is 0 Å². The minimum atomic E-state index is 0.101. The van der Waals surface area contributed by atoms with Crippen LogP contribution in [0.25, 0.3) is 10.9 Å². The minimum Gasteiger partial charge on any atom is -0.377 e. The Bertz CT molecular complexity index is 869. The third-order valence-corrected chi connectivity index (χ3v) is 4.51. The van der Waals surface area contributed by atoms with Crippen molar-refractivity contribution >= 4 is 28.4 Å². The number of aromatic nitrogens is 1. The number of para-hydroxylation sites is 1. The Morgan fingerprint density at radius 1 is 1.09 bits per heavy atom. The van der Waals surface area contributed by atoms with Crippen LogP contribution in [0, 0.1) is 11.3 Å². The molecule has 0 radical (unpaired) electrons. The molecule has 114 valence electrons. The summed E-state index contributed by atoms with van der Waals surface area (Å²) in [5, 5.41) is 14.9. The normalized spacial score (nSPS) is 11.9. The van der Waals surface area contributed by atoms with Crippen LogP contribution in [0.3, 0.4) is 0 Å². The first-order chi connectivity index (χ1) is 11.2. The van der Waals surface area contributed by atoms with Crippen molar-refractivity contribution in [3.05, 3.63) is 65.7 Å². The van der Waals surface area contributed by atoms with Gasteiger partial charge in [-0.1, -0.05) is 48.5 Å². The van der Waals surface area contributed by atoms with Gasteiger partial charge in [-0.3, -0.25) is 0 Å². The number of nitriles is 1. The van der Waals surface area contributed by atoms with Crippen molar-refractivity contribution in [2.75, 3.05) is 11.6 Å². The predicted octanol–water partition coefficient (Wildman–Crippen LogP) is 5.00. The second-order valence-electron chi connectivity index (χ2n) is 5.28. The van der Waals surface area contributed by atoms with Crippen molar-refractivity contribution < 1.29 is 0 Å². The van der Waals surface area contributed by atoms with Crippen LogP contribution >= 0.6 is 11.8 Å². The van der Waals surface area contributed by atoms with Gasteiger partial charge in [-0.25, -0.2) is 4.98 Å². The number of hydrogen-bond acceptors (Lipinski definition) is 4. The molecule has 0 bridgehead atoms. The molecular formula is C19H17N3S. The fourth-order valence-electron chi connectivity index (χ4n) is 2.63. The van der Waals surface area contributed by atoms with E-state index in [4.69, 9.17) is 0 Å². The van der Waals surface area contributed by atoms with Crippen LogP contribution in [-0.4, -0.2) is 11.2 Å². The van der Waals surface area contributed by atoms with Crippen molar-refractivity contribution in [2.45, 2.75) is 18.0 Å². The molecule has 4 heteroatoms. The van der Waals surface area contributed by atoms with Crippen LogP contribution in [0.2, 0.25) is 0 Å². The Morgan fingerprint density at radius 2 is 1.78 bits per heavy atom. The average molecular weight is 319 g/mol. The molecule has 3 rings (SSSR count). The molecule has 1 atom stereocenters. The Hall–Kier alpha value is -2.51. The number of thioether (sulfide) groups is 1. The van der Waals surface area contributed by atoms with E-state index in [1.54, 1.807) is 0 Å². The lowest BCUT2D eigenvalue weighted by Crippen LogP contribution is -2.09. The Morgan fingerprint density at radius 3 is 2.48 bits per heavy atom. The summed E-state index contributed by atoms with van der Waals surface area (Å²) in [6.45, 7) is 2.10. The van der Waals surface area contributed by atoms with Crippen molar-refractivity contribution in [1.29, 1.82) is 5.26 Å². The Balaban J connectivity index is 2.13. The molecular weight excluding hydrogens is 302 g/mol. The molecule has 3 aromatic rings. The van der Waals surface area contributed by atoms with Crippen LogP contribution in [0.4, 0.5) is 5.69 Å². The lowest BCUT2D eigenvalue weighted by atomic mass is 10.1. The maximum absolute atomic E-state index is 9.63. The second kappa shape index (κ2) is 6.72. The molecule has 2 aromatic carbocycles. The first-order valence-corrected chi connectivity index (χ1v) is 8.65. The fourth-order valence-corrected chi connectivity index (χ4v) is 3.17. The number of benzene rings is 2. The van der Waals surface area contributed by atoms with E-state index in [-0.39, 0.29) is 6.04 Å². The predicted molar refractivity (Wildman–Crippen MR) is 96.7 cm³/mol. The Labute approximate surface area is 140 Å². The fraction of sp³-hybridized carbons (Fsp3) is 0.158. The van der Waals surface area contributed by atoms with Gasteiger partial charge in [0.05, 0.1) is 11.2 Å². The highest BCUT2D eigenvalue weighted by Gasteiger charge is 2.16. The zero-order chi connectivity index (χ0) is 16.2. The molecule has 3 nitrogen and oxygen atoms in total. The first-order valence-electron chi connectivity index (χ1n) is 7.43. The monoisotopic (exact) mass is 319 g/mol. The summed E-state index contributed by atoms with van der Waals surface area (Å²) in [6.07, 6.45) is 1.95. The van der Waals surface area contributed by atoms with Crippen LogP contribution in [-0.2, 0) is 0 Å². The second-order valence-corrected chi connectivity index (χ2v) is 6.07. The molecule has 0 aliphatic heterocycles. The van der Waals surface area contributed by atoms with Gasteiger partial charge in [0.25, 0.3) is 0 Å². The highest BCUT2D eigenvalue weighted by Crippen LogP contribution is 2.34. The minimum absolute atomic E-state index is 0.101. The number of pyridine rings is 1. The van der Waals surface area contributed by atoms with Gasteiger partial charge < -0.3 is 5.32 Å². The quantitative estimate of drug-likeness (QED) is 0.687. The van der Waals surface area contributed by atoms with Crippen LogP contribution in [0.5, 0.6) is 0 Å². The molecule has 0 aliphatic carbocycles. The van der Waals surface area contributed by atoms with Gasteiger partial charge in [0, 0.05) is 11.4 Å². The highest BCUT2D eigenvalue weighted by molar-refractivity contribution is 7.98. The lowest BCUT2D eigenvalue weighted by molar-refractivity contribution is 0.883. The van der Waals surface area contributed by atoms with Crippen molar-refractivity contribution in [3.8, 4) is 6.07 Å². The van der Waals surface area contributed by atoms with Gasteiger partial charge in [0.2, 0.25) is 0 Å². The number of fused-ring (bicyclic) bond motifs is 1. The van der Waals surface area contributed by atoms with E-state index in [0.29, 0.717) is 5.56 Å². The van der Waals surface area contributed by atoms with Crippen molar-refractivity contribution in [3.63, 3.8) is 0 Å². The van der Waals surface area contributed by atoms with Crippen molar-refractivity contribution in [1.82, 2.24) is 4.98 Å². The van der Waals surface area contributed by atoms with E-state index < -0.39 is 0 Å². The topological polar surface area (TPSA) is 48.7 Å². The average Bonchev–Trinajstić information content (AvgIpc) is 2.62. The van der Waals surface area contributed by atoms with Crippen LogP contribution < -0.4 is 5.32 Å². The maximum Gasteiger partial charge on any atom is 0.116 e. The van der Waals surface area contributed by atoms with Gasteiger partial charge in [0.15, 0.2) is 0 Å². The summed E-state index contributed by atoms with van der Waals surface area (Å²) in [4.78, 5) is 4.61. The molecule has 0 saturated heterocycles. The highest BCUT2D eigenvalue weighted by atomic mass is 32.2. The summed E-state index contributed by atoms with van der Waals surface area (Å²) in [5.41, 5.74) is 3.55. The van der Waals surface area contributed by atoms with E-state index in [2.05, 4.69) is 35.4 Å². The molecule has 0 amide bonds. The van der Waals surface area contributed by atoms with Crippen LogP contribution in [0.1, 0.15) is 24.1 Å². The molecule has 1 heterocycles. The van der Waals surface area contributed by atoms with Gasteiger partial charge in [-0.15, -0.1) is 11.8 Å². The standard InChI is InChI=1S/C19H17N3S/c1-13(14-8-4-3-5-9-14)21-18-15-10-6-7-11-17(15)22-19(23-2)16(18)12-20/h3-11,13H,1-2H3,(H,21,22). The molecule has 1 aromatic heterocycles. The summed E-state index contributed by atoms with van der Waals surface area (Å²) < 4.78 is 0. The lowest BCUT2D eigenvalue weighted by Gasteiger charge is -2.19. The van der Waals surface area contributed by atoms with Gasteiger partial charge in [-0.05, 0) is 24.8 Å². The third kappa shape index (κ3) is 3.01. The number of rotatable bonds is 4. The van der Waals surface area contributed by atoms with E-state index in [1.807, 2.05) is 48.7 Å². The number of anilines is 1. The van der Waals surface area contributed by atoms with Gasteiger partial charge >= 0.3 is 0 Å². The van der Waals surface area contributed by atoms with E-state index in [0.717, 1.165) is 21.6 Å². The summed E-state index contributed by atoms with van der Waals surface area (Å²) >= 11 is 1.50. The molecule has 0 spiro atoms. The van der Waals surface area contributed by atoms with E-state index in [9.17, 15) is 5.26 Å². The third-order valence-electron chi connectivity index (χ3n) is 3.82. The molecule has 0 aliphatic rings. The van der Waals surface area contributed by atoms with Gasteiger partial charge in [0.1, 0.15) is 16.7 Å². The zero-order valence-electron chi connectivity index (χ0n) is 13.1. The maximum atomic E-state index is 9.63. The SMILES string of the molecule is CSc1nc2ccccc2c(NC(C)c2ccccc2)c1C#N. The van der Waals surface area contributed by atoms with Crippen LogP contribution in [0.15, 0.2) is 59.6 Å².